The van der Waals surface area contributed by atoms with Crippen molar-refractivity contribution < 1.29 is 9.59 Å². The number of carbonyl (C=O) groups excluding carboxylic acids is 2. The highest BCUT2D eigenvalue weighted by Gasteiger charge is 2.23. The predicted octanol–water partition coefficient (Wildman–Crippen LogP) is 4.69. The van der Waals surface area contributed by atoms with E-state index in [1.807, 2.05) is 57.1 Å². The van der Waals surface area contributed by atoms with E-state index in [-0.39, 0.29) is 17.7 Å². The highest BCUT2D eigenvalue weighted by molar-refractivity contribution is 5.97. The lowest BCUT2D eigenvalue weighted by Gasteiger charge is -2.29. The largest absolute Gasteiger partial charge is 0.362 e. The third-order valence-corrected chi connectivity index (χ3v) is 6.65. The number of fused-ring (bicyclic) bond motifs is 1. The monoisotopic (exact) mass is 488 g/mol. The van der Waals surface area contributed by atoms with Crippen molar-refractivity contribution >= 4 is 40.2 Å². The third-order valence-electron chi connectivity index (χ3n) is 6.65. The molecule has 3 aromatic rings. The van der Waals surface area contributed by atoms with Gasteiger partial charge in [0.25, 0.3) is 5.91 Å². The molecule has 1 aromatic heterocycles. The summed E-state index contributed by atoms with van der Waals surface area (Å²) in [4.78, 5) is 36.2. The fraction of sp³-hybridized carbons (Fsp3) is 0.429. The number of aromatic nitrogens is 2. The second-order valence-corrected chi connectivity index (χ2v) is 10.1. The van der Waals surface area contributed by atoms with Crippen LogP contribution in [0.1, 0.15) is 49.9 Å². The van der Waals surface area contributed by atoms with Gasteiger partial charge in [0.15, 0.2) is 0 Å². The Balaban J connectivity index is 1.28. The number of hydrogen-bond acceptors (Lipinski definition) is 6. The van der Waals surface area contributed by atoms with Gasteiger partial charge < -0.3 is 20.9 Å². The summed E-state index contributed by atoms with van der Waals surface area (Å²) >= 11 is 0. The first kappa shape index (κ1) is 25.4. The Morgan fingerprint density at radius 1 is 1.00 bits per heavy atom. The maximum absolute atomic E-state index is 12.7. The summed E-state index contributed by atoms with van der Waals surface area (Å²) in [5.74, 6) is 1.72. The third kappa shape index (κ3) is 6.30. The van der Waals surface area contributed by atoms with Gasteiger partial charge in [-0.15, -0.1) is 0 Å². The minimum Gasteiger partial charge on any atom is -0.362 e. The summed E-state index contributed by atoms with van der Waals surface area (Å²) in [6, 6.07) is 15.5. The van der Waals surface area contributed by atoms with Crippen LogP contribution in [-0.4, -0.2) is 48.5 Å². The van der Waals surface area contributed by atoms with Crippen LogP contribution in [0.5, 0.6) is 0 Å². The number of para-hydroxylation sites is 1. The molecule has 36 heavy (non-hydrogen) atoms. The summed E-state index contributed by atoms with van der Waals surface area (Å²) in [5, 5.41) is 10.5. The number of carbonyl (C=O) groups is 2. The summed E-state index contributed by atoms with van der Waals surface area (Å²) < 4.78 is 0. The van der Waals surface area contributed by atoms with Crippen LogP contribution in [0.2, 0.25) is 0 Å². The molecule has 190 valence electrons. The van der Waals surface area contributed by atoms with E-state index in [1.54, 1.807) is 24.3 Å². The van der Waals surface area contributed by atoms with Crippen LogP contribution >= 0.6 is 0 Å². The summed E-state index contributed by atoms with van der Waals surface area (Å²) in [7, 11) is 3.99. The van der Waals surface area contributed by atoms with E-state index < -0.39 is 0 Å². The fourth-order valence-corrected chi connectivity index (χ4v) is 4.52. The number of amides is 2. The normalized spacial score (nSPS) is 17.6. The lowest BCUT2D eigenvalue weighted by atomic mass is 9.86. The van der Waals surface area contributed by atoms with Gasteiger partial charge in [0.1, 0.15) is 5.82 Å². The predicted molar refractivity (Wildman–Crippen MR) is 145 cm³/mol. The molecule has 0 unspecified atom stereocenters. The lowest BCUT2D eigenvalue weighted by Crippen LogP contribution is -2.34. The van der Waals surface area contributed by atoms with Crippen molar-refractivity contribution in [2.45, 2.75) is 45.6 Å². The van der Waals surface area contributed by atoms with Gasteiger partial charge in [-0.1, -0.05) is 32.0 Å². The standard InChI is InChI=1S/C28H36N6O2/c1-18(2)26(35)30-22-9-7-8-20(16-22)27(36)29-17-19-12-14-21(15-13-19)31-28-32-24-11-6-5-10-23(24)25(33-28)34(3)4/h5-11,16,18-19,21H,12-15,17H2,1-4H3,(H,29,36)(H,30,35)(H,31,32,33). The molecule has 0 bridgehead atoms. The highest BCUT2D eigenvalue weighted by Crippen LogP contribution is 2.28. The molecule has 0 aliphatic heterocycles. The topological polar surface area (TPSA) is 99.2 Å². The Labute approximate surface area is 212 Å². The van der Waals surface area contributed by atoms with E-state index >= 15 is 0 Å². The molecule has 0 radical (unpaired) electrons. The summed E-state index contributed by atoms with van der Waals surface area (Å²) in [6.07, 6.45) is 4.06. The average molecular weight is 489 g/mol. The quantitative estimate of drug-likeness (QED) is 0.425. The Hall–Kier alpha value is -3.68. The molecule has 8 nitrogen and oxygen atoms in total. The molecule has 1 saturated carbocycles. The first-order valence-corrected chi connectivity index (χ1v) is 12.7. The zero-order valence-electron chi connectivity index (χ0n) is 21.5. The van der Waals surface area contributed by atoms with Crippen molar-refractivity contribution in [1.29, 1.82) is 0 Å². The molecule has 4 rings (SSSR count). The van der Waals surface area contributed by atoms with Crippen LogP contribution in [0.15, 0.2) is 48.5 Å². The van der Waals surface area contributed by atoms with Crippen LogP contribution < -0.4 is 20.9 Å². The van der Waals surface area contributed by atoms with Gasteiger partial charge >= 0.3 is 0 Å². The van der Waals surface area contributed by atoms with E-state index in [0.29, 0.717) is 35.7 Å². The zero-order valence-corrected chi connectivity index (χ0v) is 21.5. The van der Waals surface area contributed by atoms with Gasteiger partial charge in [-0.2, -0.15) is 4.98 Å². The molecule has 2 aromatic carbocycles. The number of nitrogens with zero attached hydrogens (tertiary/aromatic N) is 3. The molecule has 3 N–H and O–H groups in total. The van der Waals surface area contributed by atoms with E-state index in [2.05, 4.69) is 16.0 Å². The van der Waals surface area contributed by atoms with Crippen molar-refractivity contribution in [1.82, 2.24) is 15.3 Å². The molecule has 1 aliphatic rings. The van der Waals surface area contributed by atoms with E-state index in [9.17, 15) is 9.59 Å². The molecule has 1 aliphatic carbocycles. The highest BCUT2D eigenvalue weighted by atomic mass is 16.2. The SMILES string of the molecule is CC(C)C(=O)Nc1cccc(C(=O)NCC2CCC(Nc3nc(N(C)C)c4ccccc4n3)CC2)c1. The molecule has 1 fully saturated rings. The first-order chi connectivity index (χ1) is 17.3. The number of nitrogens with one attached hydrogen (secondary N) is 3. The number of anilines is 3. The van der Waals surface area contributed by atoms with Crippen LogP contribution in [0.25, 0.3) is 10.9 Å². The van der Waals surface area contributed by atoms with Crippen molar-refractivity contribution in [3.05, 3.63) is 54.1 Å². The van der Waals surface area contributed by atoms with Crippen LogP contribution in [0.3, 0.4) is 0 Å². The zero-order chi connectivity index (χ0) is 25.7. The maximum atomic E-state index is 12.7. The fourth-order valence-electron chi connectivity index (χ4n) is 4.52. The molecule has 0 atom stereocenters. The molecular weight excluding hydrogens is 452 g/mol. The first-order valence-electron chi connectivity index (χ1n) is 12.7. The number of hydrogen-bond donors (Lipinski definition) is 3. The van der Waals surface area contributed by atoms with Crippen molar-refractivity contribution in [3.63, 3.8) is 0 Å². The Morgan fingerprint density at radius 2 is 1.75 bits per heavy atom. The Bertz CT molecular complexity index is 1220. The van der Waals surface area contributed by atoms with E-state index in [0.717, 1.165) is 42.4 Å². The van der Waals surface area contributed by atoms with Crippen molar-refractivity contribution in [3.8, 4) is 0 Å². The lowest BCUT2D eigenvalue weighted by molar-refractivity contribution is -0.118. The molecule has 8 heteroatoms. The van der Waals surface area contributed by atoms with Crippen LogP contribution in [-0.2, 0) is 4.79 Å². The maximum Gasteiger partial charge on any atom is 0.251 e. The summed E-state index contributed by atoms with van der Waals surface area (Å²) in [6.45, 7) is 4.32. The molecule has 0 spiro atoms. The van der Waals surface area contributed by atoms with Gasteiger partial charge in [-0.25, -0.2) is 4.98 Å². The molecular formula is C28H36N6O2. The van der Waals surface area contributed by atoms with Crippen molar-refractivity contribution in [2.24, 2.45) is 11.8 Å². The Morgan fingerprint density at radius 3 is 2.47 bits per heavy atom. The second-order valence-electron chi connectivity index (χ2n) is 10.1. The van der Waals surface area contributed by atoms with Gasteiger partial charge in [-0.3, -0.25) is 9.59 Å². The average Bonchev–Trinajstić information content (AvgIpc) is 2.87. The van der Waals surface area contributed by atoms with Gasteiger partial charge in [0.05, 0.1) is 5.52 Å². The summed E-state index contributed by atoms with van der Waals surface area (Å²) in [5.41, 5.74) is 2.13. The number of benzene rings is 2. The minimum atomic E-state index is -0.116. The number of rotatable bonds is 8. The minimum absolute atomic E-state index is 0.0649. The van der Waals surface area contributed by atoms with Crippen LogP contribution in [0, 0.1) is 11.8 Å². The molecule has 0 saturated heterocycles. The Kier molecular flexibility index (Phi) is 8.03. The van der Waals surface area contributed by atoms with E-state index in [1.165, 1.54) is 0 Å². The smallest absolute Gasteiger partial charge is 0.251 e. The van der Waals surface area contributed by atoms with Gasteiger partial charge in [0, 0.05) is 49.2 Å². The second kappa shape index (κ2) is 11.4. The van der Waals surface area contributed by atoms with Gasteiger partial charge in [0.2, 0.25) is 11.9 Å². The molecule has 1 heterocycles. The van der Waals surface area contributed by atoms with Crippen molar-refractivity contribution in [2.75, 3.05) is 36.2 Å². The van der Waals surface area contributed by atoms with Crippen LogP contribution in [0.4, 0.5) is 17.5 Å². The van der Waals surface area contributed by atoms with Gasteiger partial charge in [-0.05, 0) is 61.9 Å². The molecule has 2 amide bonds. The van der Waals surface area contributed by atoms with E-state index in [4.69, 9.17) is 9.97 Å².